The van der Waals surface area contributed by atoms with Gasteiger partial charge in [-0.25, -0.2) is 8.78 Å². The summed E-state index contributed by atoms with van der Waals surface area (Å²) in [6.45, 7) is 6.59. The van der Waals surface area contributed by atoms with E-state index in [0.29, 0.717) is 31.2 Å². The van der Waals surface area contributed by atoms with E-state index in [1.165, 1.54) is 32.0 Å². The molecule has 2 heterocycles. The minimum Gasteiger partial charge on any atom is -0.364 e. The molecule has 0 spiro atoms. The molecule has 2 amide bonds. The van der Waals surface area contributed by atoms with Crippen LogP contribution in [0.2, 0.25) is 0 Å². The van der Waals surface area contributed by atoms with Gasteiger partial charge in [0.1, 0.15) is 11.6 Å². The van der Waals surface area contributed by atoms with Gasteiger partial charge in [-0.05, 0) is 74.6 Å². The summed E-state index contributed by atoms with van der Waals surface area (Å²) in [7, 11) is 0. The van der Waals surface area contributed by atoms with Crippen molar-refractivity contribution in [3.63, 3.8) is 0 Å². The summed E-state index contributed by atoms with van der Waals surface area (Å²) in [5, 5.41) is 5.38. The molecule has 0 saturated carbocycles. The fraction of sp³-hybridized carbons (Fsp3) is 0.385. The number of rotatable bonds is 6. The van der Waals surface area contributed by atoms with E-state index in [2.05, 4.69) is 17.2 Å². The lowest BCUT2D eigenvalue weighted by Gasteiger charge is -2.43. The van der Waals surface area contributed by atoms with Gasteiger partial charge in [-0.3, -0.25) is 9.59 Å². The van der Waals surface area contributed by atoms with Gasteiger partial charge in [-0.15, -0.1) is 0 Å². The first-order valence-electron chi connectivity index (χ1n) is 11.5. The number of hydrogen-bond acceptors (Lipinski definition) is 3. The lowest BCUT2D eigenvalue weighted by Crippen LogP contribution is -2.51. The Morgan fingerprint density at radius 2 is 1.66 bits per heavy atom. The van der Waals surface area contributed by atoms with Gasteiger partial charge in [0, 0.05) is 36.3 Å². The van der Waals surface area contributed by atoms with Crippen LogP contribution in [-0.2, 0) is 10.7 Å². The van der Waals surface area contributed by atoms with Crippen LogP contribution in [-0.4, -0.2) is 34.8 Å². The van der Waals surface area contributed by atoms with Gasteiger partial charge in [-0.2, -0.15) is 8.78 Å². The quantitative estimate of drug-likeness (QED) is 0.544. The fourth-order valence-corrected chi connectivity index (χ4v) is 5.17. The molecule has 2 aliphatic heterocycles. The molecule has 2 aromatic carbocycles. The van der Waals surface area contributed by atoms with Crippen LogP contribution in [0.25, 0.3) is 0 Å². The highest BCUT2D eigenvalue weighted by Crippen LogP contribution is 2.46. The highest BCUT2D eigenvalue weighted by Gasteiger charge is 2.49. The normalized spacial score (nSPS) is 21.5. The summed E-state index contributed by atoms with van der Waals surface area (Å²) in [5.41, 5.74) is -1.02. The largest absolute Gasteiger partial charge is 0.364 e. The summed E-state index contributed by atoms with van der Waals surface area (Å²) in [5.74, 6) is -6.24. The number of benzene rings is 2. The van der Waals surface area contributed by atoms with Crippen LogP contribution in [0.5, 0.6) is 0 Å². The van der Waals surface area contributed by atoms with Crippen molar-refractivity contribution in [1.29, 1.82) is 0 Å². The van der Waals surface area contributed by atoms with Crippen molar-refractivity contribution in [1.82, 2.24) is 10.2 Å². The molecule has 0 aromatic heterocycles. The highest BCUT2D eigenvalue weighted by atomic mass is 19.3. The Hall–Kier alpha value is -3.36. The lowest BCUT2D eigenvalue weighted by atomic mass is 9.94. The zero-order valence-corrected chi connectivity index (χ0v) is 19.5. The van der Waals surface area contributed by atoms with Gasteiger partial charge in [0.25, 0.3) is 5.91 Å². The molecule has 186 valence electrons. The van der Waals surface area contributed by atoms with Crippen LogP contribution in [0.15, 0.2) is 48.7 Å². The van der Waals surface area contributed by atoms with Gasteiger partial charge < -0.3 is 15.5 Å². The van der Waals surface area contributed by atoms with Crippen LogP contribution >= 0.6 is 0 Å². The Balaban J connectivity index is 1.55. The lowest BCUT2D eigenvalue weighted by molar-refractivity contribution is -0.120. The Bertz CT molecular complexity index is 1170. The molecule has 2 N–H and O–H groups in total. The number of amides is 2. The zero-order chi connectivity index (χ0) is 25.5. The number of fused-ring (bicyclic) bond motifs is 2. The number of hydrogen-bond donors (Lipinski definition) is 2. The molecule has 3 atom stereocenters. The molecular weight excluding hydrogens is 462 g/mol. The first-order valence-corrected chi connectivity index (χ1v) is 11.5. The Morgan fingerprint density at radius 1 is 1.03 bits per heavy atom. The maximum Gasteiger partial charge on any atom is 0.314 e. The van der Waals surface area contributed by atoms with Crippen molar-refractivity contribution in [2.45, 2.75) is 63.6 Å². The van der Waals surface area contributed by atoms with Crippen LogP contribution in [0.1, 0.15) is 54.1 Å². The molecule has 4 rings (SSSR count). The molecule has 5 nitrogen and oxygen atoms in total. The van der Waals surface area contributed by atoms with Gasteiger partial charge in [0.15, 0.2) is 0 Å². The summed E-state index contributed by atoms with van der Waals surface area (Å²) in [6, 6.07) is 6.16. The molecule has 0 aliphatic carbocycles. The number of nitrogens with one attached hydrogen (secondary N) is 2. The van der Waals surface area contributed by atoms with Crippen LogP contribution in [0, 0.1) is 18.6 Å². The number of carbonyl (C=O) groups excluding carboxylic acids is 2. The topological polar surface area (TPSA) is 61.4 Å². The summed E-state index contributed by atoms with van der Waals surface area (Å²) in [4.78, 5) is 25.7. The van der Waals surface area contributed by atoms with E-state index in [9.17, 15) is 18.4 Å². The Labute approximate surface area is 201 Å². The monoisotopic (exact) mass is 489 g/mol. The number of alkyl halides is 2. The van der Waals surface area contributed by atoms with Gasteiger partial charge in [0.05, 0.1) is 11.3 Å². The first-order chi connectivity index (χ1) is 16.5. The zero-order valence-electron chi connectivity index (χ0n) is 19.5. The molecule has 2 saturated heterocycles. The molecule has 1 unspecified atom stereocenters. The second-order valence-corrected chi connectivity index (χ2v) is 9.29. The van der Waals surface area contributed by atoms with E-state index in [-0.39, 0.29) is 35.3 Å². The average Bonchev–Trinajstić information content (AvgIpc) is 3.05. The number of aryl methyl sites for hydroxylation is 1. The predicted octanol–water partition coefficient (Wildman–Crippen LogP) is 5.26. The minimum atomic E-state index is -3.76. The summed E-state index contributed by atoms with van der Waals surface area (Å²) < 4.78 is 59.4. The van der Waals surface area contributed by atoms with Gasteiger partial charge >= 0.3 is 5.92 Å². The third-order valence-electron chi connectivity index (χ3n) is 6.80. The molecule has 2 bridgehead atoms. The van der Waals surface area contributed by atoms with E-state index in [1.54, 1.807) is 4.90 Å². The van der Waals surface area contributed by atoms with Crippen molar-refractivity contribution >= 4 is 17.5 Å². The molecule has 2 aromatic rings. The highest BCUT2D eigenvalue weighted by molar-refractivity contribution is 6.04. The molecular formula is C26H27F4N3O2. The van der Waals surface area contributed by atoms with Crippen molar-refractivity contribution in [2.75, 3.05) is 5.32 Å². The second kappa shape index (κ2) is 9.36. The third-order valence-corrected chi connectivity index (χ3v) is 6.80. The number of halogens is 4. The van der Waals surface area contributed by atoms with Crippen molar-refractivity contribution in [3.05, 3.63) is 77.0 Å². The number of allylic oxidation sites excluding steroid dienone is 1. The smallest absolute Gasteiger partial charge is 0.314 e. The second-order valence-electron chi connectivity index (χ2n) is 9.29. The van der Waals surface area contributed by atoms with E-state index >= 15 is 8.78 Å². The Morgan fingerprint density at radius 3 is 2.26 bits per heavy atom. The summed E-state index contributed by atoms with van der Waals surface area (Å²) in [6.07, 6.45) is 2.37. The van der Waals surface area contributed by atoms with Crippen LogP contribution < -0.4 is 10.6 Å². The fourth-order valence-electron chi connectivity index (χ4n) is 5.17. The number of nitrogens with zero attached hydrogens (tertiary/aromatic N) is 1. The molecule has 9 heteroatoms. The van der Waals surface area contributed by atoms with Crippen molar-refractivity contribution < 1.29 is 27.2 Å². The first kappa shape index (κ1) is 24.8. The van der Waals surface area contributed by atoms with Crippen molar-refractivity contribution in [2.24, 2.45) is 0 Å². The van der Waals surface area contributed by atoms with Gasteiger partial charge in [-0.1, -0.05) is 6.58 Å². The van der Waals surface area contributed by atoms with Gasteiger partial charge in [0.2, 0.25) is 5.91 Å². The molecule has 35 heavy (non-hydrogen) atoms. The molecule has 2 fully saturated rings. The predicted molar refractivity (Wildman–Crippen MR) is 124 cm³/mol. The Kier molecular flexibility index (Phi) is 6.62. The maximum atomic E-state index is 15.6. The molecule has 0 radical (unpaired) electrons. The average molecular weight is 490 g/mol. The molecule has 2 aliphatic rings. The maximum absolute atomic E-state index is 15.6. The standard InChI is InChI=1S/C26H27F4N3O2/c1-14-10-18(5-9-23(14)27)32-25(35)17-4-8-24(28)22(11-17)26(29,30)15(2)33-20-6-7-21(33)13-19(12-20)31-16(3)34/h4-5,8-11,19-21H,2,6-7,12-13H2,1,3H3,(H,31,34)(H,32,35)/t19?,20-,21+. The van der Waals surface area contributed by atoms with E-state index < -0.39 is 34.7 Å². The number of carbonyl (C=O) groups is 2. The number of anilines is 1. The van der Waals surface area contributed by atoms with E-state index in [0.717, 1.165) is 18.2 Å². The minimum absolute atomic E-state index is 0.0958. The number of piperidine rings is 1. The SMILES string of the molecule is C=C(N1[C@@H]2CC[C@H]1CC(NC(C)=O)C2)C(F)(F)c1cc(C(=O)Nc2ccc(F)c(C)c2)ccc1F. The van der Waals surface area contributed by atoms with E-state index in [4.69, 9.17) is 0 Å². The van der Waals surface area contributed by atoms with Crippen LogP contribution in [0.3, 0.4) is 0 Å². The van der Waals surface area contributed by atoms with Crippen molar-refractivity contribution in [3.8, 4) is 0 Å². The summed E-state index contributed by atoms with van der Waals surface area (Å²) >= 11 is 0. The van der Waals surface area contributed by atoms with E-state index in [1.807, 2.05) is 0 Å². The third kappa shape index (κ3) is 4.90. The van der Waals surface area contributed by atoms with Crippen LogP contribution in [0.4, 0.5) is 23.2 Å².